The van der Waals surface area contributed by atoms with Crippen LogP contribution in [-0.2, 0) is 4.79 Å². The van der Waals surface area contributed by atoms with E-state index in [-0.39, 0.29) is 17.5 Å². The number of benzene rings is 2. The van der Waals surface area contributed by atoms with Gasteiger partial charge in [0.25, 0.3) is 0 Å². The van der Waals surface area contributed by atoms with Crippen molar-refractivity contribution in [1.29, 1.82) is 0 Å². The first-order valence-corrected chi connectivity index (χ1v) is 14.7. The Labute approximate surface area is 234 Å². The Morgan fingerprint density at radius 3 is 2.23 bits per heavy atom. The number of carbonyl (C=O) groups excluding carboxylic acids is 2. The Kier molecular flexibility index (Phi) is 13.4. The van der Waals surface area contributed by atoms with E-state index in [2.05, 4.69) is 19.1 Å². The van der Waals surface area contributed by atoms with E-state index in [1.807, 2.05) is 24.3 Å². The molecule has 210 valence electrons. The fourth-order valence-corrected chi connectivity index (χ4v) is 4.64. The molecule has 0 aliphatic carbocycles. The van der Waals surface area contributed by atoms with Crippen LogP contribution in [0.4, 0.5) is 0 Å². The van der Waals surface area contributed by atoms with Crippen molar-refractivity contribution in [2.24, 2.45) is 0 Å². The van der Waals surface area contributed by atoms with Crippen molar-refractivity contribution >= 4 is 17.8 Å². The molecule has 0 N–H and O–H groups in total. The number of rotatable bonds is 18. The Balaban J connectivity index is 1.29. The molecule has 2 aromatic rings. The van der Waals surface area contributed by atoms with Gasteiger partial charge in [-0.1, -0.05) is 82.6 Å². The zero-order valence-electron chi connectivity index (χ0n) is 23.7. The lowest BCUT2D eigenvalue weighted by Crippen LogP contribution is -2.07. The van der Waals surface area contributed by atoms with Crippen LogP contribution in [0.5, 0.6) is 17.2 Å². The molecule has 0 bridgehead atoms. The molecule has 1 aliphatic rings. The number of allylic oxidation sites excluding steroid dienone is 3. The lowest BCUT2D eigenvalue weighted by molar-refractivity contribution is -0.134. The van der Waals surface area contributed by atoms with Gasteiger partial charge in [0.15, 0.2) is 5.76 Å². The van der Waals surface area contributed by atoms with E-state index in [9.17, 15) is 9.59 Å². The highest BCUT2D eigenvalue weighted by molar-refractivity contribution is 6.14. The highest BCUT2D eigenvalue weighted by atomic mass is 16.5. The maximum Gasteiger partial charge on any atom is 0.311 e. The van der Waals surface area contributed by atoms with Crippen LogP contribution in [-0.4, -0.2) is 18.9 Å². The first-order chi connectivity index (χ1) is 19.1. The molecule has 0 fully saturated rings. The highest BCUT2D eigenvalue weighted by Crippen LogP contribution is 2.35. The summed E-state index contributed by atoms with van der Waals surface area (Å²) in [6.45, 7) is 2.26. The van der Waals surface area contributed by atoms with Crippen molar-refractivity contribution in [2.75, 3.05) is 7.11 Å². The average Bonchev–Trinajstić information content (AvgIpc) is 3.25. The first kappa shape index (κ1) is 30.2. The number of unbranched alkanes of at least 4 members (excludes halogenated alkanes) is 11. The molecule has 3 rings (SSSR count). The summed E-state index contributed by atoms with van der Waals surface area (Å²) in [5, 5.41) is 0. The topological polar surface area (TPSA) is 61.8 Å². The minimum atomic E-state index is -0.272. The van der Waals surface area contributed by atoms with E-state index >= 15 is 0 Å². The first-order valence-electron chi connectivity index (χ1n) is 14.7. The van der Waals surface area contributed by atoms with Crippen molar-refractivity contribution in [3.8, 4) is 17.2 Å². The maximum atomic E-state index is 12.9. The second kappa shape index (κ2) is 17.3. The summed E-state index contributed by atoms with van der Waals surface area (Å²) in [6, 6.07) is 12.3. The molecular weight excluding hydrogens is 488 g/mol. The molecule has 0 amide bonds. The van der Waals surface area contributed by atoms with E-state index in [1.54, 1.807) is 31.4 Å². The van der Waals surface area contributed by atoms with Crippen molar-refractivity contribution < 1.29 is 23.8 Å². The number of carbonyl (C=O) groups is 2. The summed E-state index contributed by atoms with van der Waals surface area (Å²) < 4.78 is 16.5. The predicted octanol–water partition coefficient (Wildman–Crippen LogP) is 9.25. The zero-order valence-corrected chi connectivity index (χ0v) is 23.7. The van der Waals surface area contributed by atoms with Crippen molar-refractivity contribution in [2.45, 2.75) is 96.8 Å². The summed E-state index contributed by atoms with van der Waals surface area (Å²) in [5.74, 6) is 1.26. The van der Waals surface area contributed by atoms with Gasteiger partial charge in [0.05, 0.1) is 12.7 Å². The molecule has 5 nitrogen and oxygen atoms in total. The van der Waals surface area contributed by atoms with Gasteiger partial charge in [-0.3, -0.25) is 9.59 Å². The Hall–Kier alpha value is -3.34. The standard InChI is InChI=1S/C34H44O5/c1-3-4-5-6-7-8-9-10-11-12-13-14-15-16-17-21-33(35)38-29-22-23-31-30(26-29)34(36)32(39-31)25-27-19-18-20-28(24-27)37-2/h10-11,18-20,22-26H,3-9,12-17,21H2,1-2H3/b11-10-,32-25-. The number of methoxy groups -OCH3 is 1. The minimum Gasteiger partial charge on any atom is -0.497 e. The summed E-state index contributed by atoms with van der Waals surface area (Å²) in [5.41, 5.74) is 1.20. The third kappa shape index (κ3) is 10.7. The van der Waals surface area contributed by atoms with Gasteiger partial charge in [0, 0.05) is 6.42 Å². The molecule has 2 aromatic carbocycles. The lowest BCUT2D eigenvalue weighted by Gasteiger charge is -2.05. The van der Waals surface area contributed by atoms with Gasteiger partial charge in [0.1, 0.15) is 17.2 Å². The van der Waals surface area contributed by atoms with E-state index in [1.165, 1.54) is 57.8 Å². The van der Waals surface area contributed by atoms with Crippen LogP contribution < -0.4 is 14.2 Å². The summed E-state index contributed by atoms with van der Waals surface area (Å²) in [7, 11) is 1.60. The van der Waals surface area contributed by atoms with Gasteiger partial charge in [-0.2, -0.15) is 0 Å². The molecule has 1 heterocycles. The molecule has 39 heavy (non-hydrogen) atoms. The van der Waals surface area contributed by atoms with Gasteiger partial charge in [-0.25, -0.2) is 0 Å². The SMILES string of the molecule is CCCCCCCC/C=C\CCCCCCCC(=O)Oc1ccc2c(c1)C(=O)/C(=C/c1cccc(OC)c1)O2. The minimum absolute atomic E-state index is 0.232. The van der Waals surface area contributed by atoms with Crippen molar-refractivity contribution in [3.05, 3.63) is 71.5 Å². The van der Waals surface area contributed by atoms with Crippen molar-refractivity contribution in [3.63, 3.8) is 0 Å². The van der Waals surface area contributed by atoms with Crippen LogP contribution in [0.15, 0.2) is 60.4 Å². The molecule has 0 aromatic heterocycles. The van der Waals surface area contributed by atoms with Crippen LogP contribution in [0.3, 0.4) is 0 Å². The Morgan fingerprint density at radius 1 is 0.821 bits per heavy atom. The van der Waals surface area contributed by atoms with Crippen LogP contribution in [0, 0.1) is 0 Å². The van der Waals surface area contributed by atoms with Gasteiger partial charge in [-0.05, 0) is 74.1 Å². The molecule has 0 saturated heterocycles. The average molecular weight is 533 g/mol. The monoisotopic (exact) mass is 532 g/mol. The molecule has 0 unspecified atom stereocenters. The maximum absolute atomic E-state index is 12.9. The smallest absolute Gasteiger partial charge is 0.311 e. The largest absolute Gasteiger partial charge is 0.497 e. The van der Waals surface area contributed by atoms with E-state index in [4.69, 9.17) is 14.2 Å². The summed E-state index contributed by atoms with van der Waals surface area (Å²) in [4.78, 5) is 25.2. The van der Waals surface area contributed by atoms with Crippen LogP contribution in [0.2, 0.25) is 0 Å². The summed E-state index contributed by atoms with van der Waals surface area (Å²) >= 11 is 0. The second-order valence-electron chi connectivity index (χ2n) is 10.2. The fraction of sp³-hybridized carbons (Fsp3) is 0.471. The lowest BCUT2D eigenvalue weighted by atomic mass is 10.1. The van der Waals surface area contributed by atoms with E-state index < -0.39 is 0 Å². The molecule has 0 atom stereocenters. The van der Waals surface area contributed by atoms with Gasteiger partial charge < -0.3 is 14.2 Å². The number of hydrogen-bond donors (Lipinski definition) is 0. The van der Waals surface area contributed by atoms with Gasteiger partial charge in [0.2, 0.25) is 5.78 Å². The molecule has 0 radical (unpaired) electrons. The predicted molar refractivity (Wildman–Crippen MR) is 157 cm³/mol. The van der Waals surface area contributed by atoms with Gasteiger partial charge >= 0.3 is 5.97 Å². The molecule has 0 spiro atoms. The normalized spacial score (nSPS) is 13.6. The second-order valence-corrected chi connectivity index (χ2v) is 10.2. The molecule has 1 aliphatic heterocycles. The number of hydrogen-bond acceptors (Lipinski definition) is 5. The molecular formula is C34H44O5. The third-order valence-electron chi connectivity index (χ3n) is 6.91. The Bertz CT molecular complexity index is 1110. The molecule has 5 heteroatoms. The van der Waals surface area contributed by atoms with Crippen LogP contribution in [0.1, 0.15) is 113 Å². The number of fused-ring (bicyclic) bond motifs is 1. The third-order valence-corrected chi connectivity index (χ3v) is 6.91. The number of esters is 1. The number of ether oxygens (including phenoxy) is 3. The van der Waals surface area contributed by atoms with E-state index in [0.29, 0.717) is 29.2 Å². The zero-order chi connectivity index (χ0) is 27.7. The quantitative estimate of drug-likeness (QED) is 0.0629. The number of ketones is 1. The summed E-state index contributed by atoms with van der Waals surface area (Å²) in [6.07, 6.45) is 22.5. The van der Waals surface area contributed by atoms with Gasteiger partial charge in [-0.15, -0.1) is 0 Å². The number of Topliss-reactive ketones (excluding diaryl/α,β-unsaturated/α-hetero) is 1. The Morgan fingerprint density at radius 2 is 1.51 bits per heavy atom. The fourth-order valence-electron chi connectivity index (χ4n) is 4.64. The highest BCUT2D eigenvalue weighted by Gasteiger charge is 2.28. The van der Waals surface area contributed by atoms with Crippen LogP contribution >= 0.6 is 0 Å². The van der Waals surface area contributed by atoms with Crippen LogP contribution in [0.25, 0.3) is 6.08 Å². The van der Waals surface area contributed by atoms with Crippen molar-refractivity contribution in [1.82, 2.24) is 0 Å². The van der Waals surface area contributed by atoms with E-state index in [0.717, 1.165) is 31.2 Å². The molecule has 0 saturated carbocycles.